The average Bonchev–Trinajstić information content (AvgIpc) is 2.28. The summed E-state index contributed by atoms with van der Waals surface area (Å²) in [5, 5.41) is 3.52. The van der Waals surface area contributed by atoms with Crippen LogP contribution in [0.15, 0.2) is 24.3 Å². The lowest BCUT2D eigenvalue weighted by atomic mass is 9.46. The van der Waals surface area contributed by atoms with Crippen LogP contribution >= 0.6 is 0 Å². The summed E-state index contributed by atoms with van der Waals surface area (Å²) in [7, 11) is 2.11. The molecule has 0 aromatic heterocycles. The molecule has 1 fully saturated rings. The predicted molar refractivity (Wildman–Crippen MR) is 67.6 cm³/mol. The second kappa shape index (κ2) is 3.33. The molecule has 1 aromatic rings. The first kappa shape index (κ1) is 10.3. The lowest BCUT2D eigenvalue weighted by molar-refractivity contribution is -0.0175. The number of benzene rings is 1. The Hall–Kier alpha value is -0.820. The summed E-state index contributed by atoms with van der Waals surface area (Å²) in [6.07, 6.45) is 2.63. The van der Waals surface area contributed by atoms with E-state index >= 15 is 0 Å². The van der Waals surface area contributed by atoms with Crippen molar-refractivity contribution < 1.29 is 0 Å². The van der Waals surface area contributed by atoms with Crippen molar-refractivity contribution in [3.05, 3.63) is 35.4 Å². The first-order valence-electron chi connectivity index (χ1n) is 6.41. The van der Waals surface area contributed by atoms with Crippen LogP contribution in [0.1, 0.15) is 37.3 Å². The standard InChI is InChI=1S/C15H21N/c1-15(2)13-11-7-5-4-6-10(11)8-9-12(13)14(15)16-3/h4-7,12-14,16H,8-9H2,1-3H3. The quantitative estimate of drug-likeness (QED) is 0.759. The molecule has 2 aliphatic rings. The first-order valence-corrected chi connectivity index (χ1v) is 6.41. The van der Waals surface area contributed by atoms with Gasteiger partial charge in [0, 0.05) is 6.04 Å². The van der Waals surface area contributed by atoms with Gasteiger partial charge < -0.3 is 5.32 Å². The summed E-state index contributed by atoms with van der Waals surface area (Å²) < 4.78 is 0. The van der Waals surface area contributed by atoms with E-state index in [1.54, 1.807) is 11.1 Å². The fraction of sp³-hybridized carbons (Fsp3) is 0.600. The van der Waals surface area contributed by atoms with Gasteiger partial charge in [-0.05, 0) is 48.3 Å². The van der Waals surface area contributed by atoms with Crippen LogP contribution in [0.3, 0.4) is 0 Å². The van der Waals surface area contributed by atoms with Crippen molar-refractivity contribution >= 4 is 0 Å². The molecule has 0 spiro atoms. The molecule has 16 heavy (non-hydrogen) atoms. The van der Waals surface area contributed by atoms with E-state index in [2.05, 4.69) is 50.5 Å². The summed E-state index contributed by atoms with van der Waals surface area (Å²) in [5.41, 5.74) is 3.62. The molecule has 1 saturated carbocycles. The second-order valence-corrected chi connectivity index (χ2v) is 5.97. The van der Waals surface area contributed by atoms with Gasteiger partial charge in [0.05, 0.1) is 0 Å². The third-order valence-corrected chi connectivity index (χ3v) is 4.91. The van der Waals surface area contributed by atoms with Crippen molar-refractivity contribution in [1.82, 2.24) is 5.32 Å². The molecule has 0 saturated heterocycles. The molecule has 1 nitrogen and oxygen atoms in total. The van der Waals surface area contributed by atoms with E-state index in [9.17, 15) is 0 Å². The van der Waals surface area contributed by atoms with Crippen molar-refractivity contribution in [3.63, 3.8) is 0 Å². The second-order valence-electron chi connectivity index (χ2n) is 5.97. The van der Waals surface area contributed by atoms with Gasteiger partial charge in [0.1, 0.15) is 0 Å². The summed E-state index contributed by atoms with van der Waals surface area (Å²) in [4.78, 5) is 0. The highest BCUT2D eigenvalue weighted by molar-refractivity contribution is 5.39. The van der Waals surface area contributed by atoms with E-state index in [4.69, 9.17) is 0 Å². The van der Waals surface area contributed by atoms with Crippen molar-refractivity contribution in [1.29, 1.82) is 0 Å². The lowest BCUT2D eigenvalue weighted by Gasteiger charge is -2.61. The third-order valence-electron chi connectivity index (χ3n) is 4.91. The van der Waals surface area contributed by atoms with Gasteiger partial charge in [-0.2, -0.15) is 0 Å². The minimum absolute atomic E-state index is 0.413. The lowest BCUT2D eigenvalue weighted by Crippen LogP contribution is -2.63. The molecule has 3 atom stereocenters. The smallest absolute Gasteiger partial charge is 0.0156 e. The van der Waals surface area contributed by atoms with Gasteiger partial charge in [-0.15, -0.1) is 0 Å². The predicted octanol–water partition coefficient (Wildman–Crippen LogP) is 2.96. The maximum Gasteiger partial charge on any atom is 0.0156 e. The Morgan fingerprint density at radius 3 is 2.75 bits per heavy atom. The van der Waals surface area contributed by atoms with Gasteiger partial charge in [-0.1, -0.05) is 38.1 Å². The zero-order valence-electron chi connectivity index (χ0n) is 10.5. The number of hydrogen-bond acceptors (Lipinski definition) is 1. The highest BCUT2D eigenvalue weighted by Gasteiger charge is 2.57. The van der Waals surface area contributed by atoms with Gasteiger partial charge in [-0.25, -0.2) is 0 Å². The van der Waals surface area contributed by atoms with E-state index in [1.807, 2.05) is 0 Å². The summed E-state index contributed by atoms with van der Waals surface area (Å²) in [5.74, 6) is 1.63. The number of hydrogen-bond donors (Lipinski definition) is 1. The Kier molecular flexibility index (Phi) is 2.16. The molecule has 3 rings (SSSR count). The molecule has 86 valence electrons. The van der Waals surface area contributed by atoms with E-state index in [-0.39, 0.29) is 0 Å². The maximum absolute atomic E-state index is 3.52. The average molecular weight is 215 g/mol. The molecule has 0 heterocycles. The van der Waals surface area contributed by atoms with Crippen molar-refractivity contribution in [3.8, 4) is 0 Å². The van der Waals surface area contributed by atoms with Crippen LogP contribution in [0.2, 0.25) is 0 Å². The van der Waals surface area contributed by atoms with Crippen LogP contribution in [0.25, 0.3) is 0 Å². The SMILES string of the molecule is CNC1C2CCc3ccccc3C2C1(C)C. The molecule has 1 N–H and O–H groups in total. The van der Waals surface area contributed by atoms with Gasteiger partial charge >= 0.3 is 0 Å². The van der Waals surface area contributed by atoms with Gasteiger partial charge in [0.2, 0.25) is 0 Å². The number of fused-ring (bicyclic) bond motifs is 3. The molecule has 1 heteroatoms. The van der Waals surface area contributed by atoms with Crippen LogP contribution < -0.4 is 5.32 Å². The molecular formula is C15H21N. The van der Waals surface area contributed by atoms with Gasteiger partial charge in [-0.3, -0.25) is 0 Å². The number of aryl methyl sites for hydroxylation is 1. The molecule has 1 aromatic carbocycles. The first-order chi connectivity index (χ1) is 7.66. The molecule has 0 aliphatic heterocycles. The molecule has 0 amide bonds. The van der Waals surface area contributed by atoms with Gasteiger partial charge in [0.15, 0.2) is 0 Å². The Bertz CT molecular complexity index is 408. The minimum atomic E-state index is 0.413. The largest absolute Gasteiger partial charge is 0.316 e. The zero-order chi connectivity index (χ0) is 11.3. The fourth-order valence-corrected chi connectivity index (χ4v) is 4.31. The molecule has 3 unspecified atom stereocenters. The van der Waals surface area contributed by atoms with E-state index in [0.29, 0.717) is 11.5 Å². The molecular weight excluding hydrogens is 194 g/mol. The third kappa shape index (κ3) is 1.15. The number of rotatable bonds is 1. The molecule has 0 bridgehead atoms. The Morgan fingerprint density at radius 2 is 2.00 bits per heavy atom. The monoisotopic (exact) mass is 215 g/mol. The maximum atomic E-state index is 3.52. The van der Waals surface area contributed by atoms with Crippen molar-refractivity contribution in [2.75, 3.05) is 7.05 Å². The summed E-state index contributed by atoms with van der Waals surface area (Å²) in [6.45, 7) is 4.83. The van der Waals surface area contributed by atoms with E-state index in [0.717, 1.165) is 11.8 Å². The highest BCUT2D eigenvalue weighted by Crippen LogP contribution is 2.60. The summed E-state index contributed by atoms with van der Waals surface area (Å²) >= 11 is 0. The van der Waals surface area contributed by atoms with Crippen LogP contribution in [0.5, 0.6) is 0 Å². The normalized spacial score (nSPS) is 34.8. The zero-order valence-corrected chi connectivity index (χ0v) is 10.5. The van der Waals surface area contributed by atoms with E-state index < -0.39 is 0 Å². The Morgan fingerprint density at radius 1 is 1.25 bits per heavy atom. The van der Waals surface area contributed by atoms with Crippen LogP contribution in [-0.2, 0) is 6.42 Å². The molecule has 0 radical (unpaired) electrons. The van der Waals surface area contributed by atoms with Crippen LogP contribution in [-0.4, -0.2) is 13.1 Å². The van der Waals surface area contributed by atoms with Gasteiger partial charge in [0.25, 0.3) is 0 Å². The summed E-state index contributed by atoms with van der Waals surface area (Å²) in [6, 6.07) is 9.74. The fourth-order valence-electron chi connectivity index (χ4n) is 4.31. The van der Waals surface area contributed by atoms with Crippen molar-refractivity contribution in [2.24, 2.45) is 11.3 Å². The topological polar surface area (TPSA) is 12.0 Å². The number of nitrogens with one attached hydrogen (secondary N) is 1. The highest BCUT2D eigenvalue weighted by atomic mass is 15.0. The Balaban J connectivity index is 2.02. The van der Waals surface area contributed by atoms with E-state index in [1.165, 1.54) is 12.8 Å². The van der Waals surface area contributed by atoms with Crippen LogP contribution in [0, 0.1) is 11.3 Å². The van der Waals surface area contributed by atoms with Crippen LogP contribution in [0.4, 0.5) is 0 Å². The van der Waals surface area contributed by atoms with Crippen molar-refractivity contribution in [2.45, 2.75) is 38.6 Å². The molecule has 2 aliphatic carbocycles. The minimum Gasteiger partial charge on any atom is -0.316 e. The Labute approximate surface area is 98.3 Å².